The summed E-state index contributed by atoms with van der Waals surface area (Å²) in [5, 5.41) is 11.9. The monoisotopic (exact) mass is 257 g/mol. The van der Waals surface area contributed by atoms with Gasteiger partial charge in [0, 0.05) is 25.4 Å². The van der Waals surface area contributed by atoms with Gasteiger partial charge in [-0.1, -0.05) is 12.1 Å². The molecule has 96 valence electrons. The molecule has 1 aromatic carbocycles. The van der Waals surface area contributed by atoms with E-state index in [0.717, 1.165) is 30.0 Å². The van der Waals surface area contributed by atoms with Gasteiger partial charge < -0.3 is 10.4 Å². The van der Waals surface area contributed by atoms with Gasteiger partial charge in [-0.2, -0.15) is 11.8 Å². The van der Waals surface area contributed by atoms with Crippen LogP contribution in [0.5, 0.6) is 0 Å². The second-order valence-electron chi connectivity index (χ2n) is 3.95. The van der Waals surface area contributed by atoms with Gasteiger partial charge in [0.05, 0.1) is 0 Å². The largest absolute Gasteiger partial charge is 0.396 e. The van der Waals surface area contributed by atoms with Gasteiger partial charge in [0.2, 0.25) is 0 Å². The van der Waals surface area contributed by atoms with Crippen molar-refractivity contribution in [1.29, 1.82) is 0 Å². The predicted molar refractivity (Wildman–Crippen MR) is 71.9 cm³/mol. The lowest BCUT2D eigenvalue weighted by atomic mass is 10.1. The molecular formula is C13H20FNOS. The van der Waals surface area contributed by atoms with E-state index in [1.54, 1.807) is 13.0 Å². The fraction of sp³-hybridized carbons (Fsp3) is 0.538. The van der Waals surface area contributed by atoms with E-state index in [0.29, 0.717) is 12.1 Å². The van der Waals surface area contributed by atoms with Crippen LogP contribution in [-0.2, 0) is 6.54 Å². The smallest absolute Gasteiger partial charge is 0.126 e. The molecule has 1 rings (SSSR count). The zero-order valence-electron chi connectivity index (χ0n) is 10.2. The van der Waals surface area contributed by atoms with E-state index in [-0.39, 0.29) is 12.4 Å². The SMILES string of the molecule is Cc1ccc(CNCCSCCCO)cc1F. The zero-order valence-corrected chi connectivity index (χ0v) is 11.0. The van der Waals surface area contributed by atoms with Crippen LogP contribution in [0.15, 0.2) is 18.2 Å². The highest BCUT2D eigenvalue weighted by atomic mass is 32.2. The molecule has 0 atom stereocenters. The maximum atomic E-state index is 13.2. The van der Waals surface area contributed by atoms with E-state index in [1.807, 2.05) is 23.9 Å². The summed E-state index contributed by atoms with van der Waals surface area (Å²) in [4.78, 5) is 0. The van der Waals surface area contributed by atoms with Crippen molar-refractivity contribution in [2.24, 2.45) is 0 Å². The van der Waals surface area contributed by atoms with E-state index in [1.165, 1.54) is 0 Å². The average molecular weight is 257 g/mol. The molecule has 0 saturated heterocycles. The Morgan fingerprint density at radius 1 is 1.35 bits per heavy atom. The van der Waals surface area contributed by atoms with Crippen LogP contribution in [0.2, 0.25) is 0 Å². The Labute approximate surface area is 107 Å². The topological polar surface area (TPSA) is 32.3 Å². The molecule has 0 aliphatic carbocycles. The Hall–Kier alpha value is -0.580. The van der Waals surface area contributed by atoms with Crippen LogP contribution in [0.3, 0.4) is 0 Å². The van der Waals surface area contributed by atoms with Gasteiger partial charge in [0.1, 0.15) is 5.82 Å². The number of hydrogen-bond acceptors (Lipinski definition) is 3. The van der Waals surface area contributed by atoms with Crippen molar-refractivity contribution in [1.82, 2.24) is 5.32 Å². The van der Waals surface area contributed by atoms with Crippen LogP contribution >= 0.6 is 11.8 Å². The van der Waals surface area contributed by atoms with Crippen molar-refractivity contribution in [3.05, 3.63) is 35.1 Å². The fourth-order valence-corrected chi connectivity index (χ4v) is 2.22. The zero-order chi connectivity index (χ0) is 12.5. The standard InChI is InChI=1S/C13H20FNOS/c1-11-3-4-12(9-13(11)14)10-15-5-8-17-7-2-6-16/h3-4,9,15-16H,2,5-8,10H2,1H3. The number of hydrogen-bond donors (Lipinski definition) is 2. The Morgan fingerprint density at radius 2 is 2.18 bits per heavy atom. The molecule has 17 heavy (non-hydrogen) atoms. The molecule has 4 heteroatoms. The molecule has 0 aromatic heterocycles. The third-order valence-electron chi connectivity index (χ3n) is 2.44. The van der Waals surface area contributed by atoms with Gasteiger partial charge in [-0.05, 0) is 36.3 Å². The molecule has 0 unspecified atom stereocenters. The number of aryl methyl sites for hydroxylation is 1. The lowest BCUT2D eigenvalue weighted by Gasteiger charge is -2.06. The van der Waals surface area contributed by atoms with Gasteiger partial charge in [-0.25, -0.2) is 4.39 Å². The minimum atomic E-state index is -0.137. The molecule has 0 bridgehead atoms. The van der Waals surface area contributed by atoms with E-state index >= 15 is 0 Å². The van der Waals surface area contributed by atoms with E-state index in [9.17, 15) is 4.39 Å². The Balaban J connectivity index is 2.11. The van der Waals surface area contributed by atoms with Gasteiger partial charge >= 0.3 is 0 Å². The highest BCUT2D eigenvalue weighted by molar-refractivity contribution is 7.99. The normalized spacial score (nSPS) is 10.8. The molecule has 0 aliphatic rings. The van der Waals surface area contributed by atoms with Crippen LogP contribution < -0.4 is 5.32 Å². The first-order valence-electron chi connectivity index (χ1n) is 5.88. The van der Waals surface area contributed by atoms with Crippen molar-refractivity contribution in [3.8, 4) is 0 Å². The predicted octanol–water partition coefficient (Wildman–Crippen LogP) is 2.34. The second kappa shape index (κ2) is 8.50. The quantitative estimate of drug-likeness (QED) is 0.701. The lowest BCUT2D eigenvalue weighted by Crippen LogP contribution is -2.16. The van der Waals surface area contributed by atoms with Crippen molar-refractivity contribution in [3.63, 3.8) is 0 Å². The highest BCUT2D eigenvalue weighted by Gasteiger charge is 1.98. The molecule has 0 radical (unpaired) electrons. The molecule has 0 saturated carbocycles. The third kappa shape index (κ3) is 6.05. The second-order valence-corrected chi connectivity index (χ2v) is 5.17. The molecule has 0 spiro atoms. The summed E-state index contributed by atoms with van der Waals surface area (Å²) in [6, 6.07) is 5.34. The van der Waals surface area contributed by atoms with Crippen LogP contribution in [-0.4, -0.2) is 29.8 Å². The number of nitrogens with one attached hydrogen (secondary N) is 1. The Kier molecular flexibility index (Phi) is 7.24. The summed E-state index contributed by atoms with van der Waals surface area (Å²) in [7, 11) is 0. The summed E-state index contributed by atoms with van der Waals surface area (Å²) in [6.07, 6.45) is 0.855. The Morgan fingerprint density at radius 3 is 2.88 bits per heavy atom. The maximum Gasteiger partial charge on any atom is 0.126 e. The van der Waals surface area contributed by atoms with Gasteiger partial charge in [0.15, 0.2) is 0 Å². The molecular weight excluding hydrogens is 237 g/mol. The number of thioether (sulfide) groups is 1. The van der Waals surface area contributed by atoms with Crippen molar-refractivity contribution < 1.29 is 9.50 Å². The molecule has 0 aliphatic heterocycles. The highest BCUT2D eigenvalue weighted by Crippen LogP contribution is 2.08. The molecule has 0 amide bonds. The van der Waals surface area contributed by atoms with E-state index in [4.69, 9.17) is 5.11 Å². The van der Waals surface area contributed by atoms with E-state index < -0.39 is 0 Å². The van der Waals surface area contributed by atoms with Crippen molar-refractivity contribution in [2.45, 2.75) is 19.9 Å². The summed E-state index contributed by atoms with van der Waals surface area (Å²) in [5.41, 5.74) is 1.67. The maximum absolute atomic E-state index is 13.2. The van der Waals surface area contributed by atoms with Crippen LogP contribution in [0.1, 0.15) is 17.5 Å². The fourth-order valence-electron chi connectivity index (χ4n) is 1.39. The number of rotatable bonds is 8. The van der Waals surface area contributed by atoms with Crippen LogP contribution in [0.4, 0.5) is 4.39 Å². The van der Waals surface area contributed by atoms with Crippen LogP contribution in [0, 0.1) is 12.7 Å². The number of aliphatic hydroxyl groups excluding tert-OH is 1. The molecule has 1 aromatic rings. The molecule has 2 N–H and O–H groups in total. The Bertz CT molecular complexity index is 333. The first kappa shape index (κ1) is 14.5. The summed E-state index contributed by atoms with van der Waals surface area (Å²) < 4.78 is 13.2. The number of aliphatic hydroxyl groups is 1. The van der Waals surface area contributed by atoms with E-state index in [2.05, 4.69) is 5.32 Å². The van der Waals surface area contributed by atoms with Gasteiger partial charge in [0.25, 0.3) is 0 Å². The van der Waals surface area contributed by atoms with Crippen LogP contribution in [0.25, 0.3) is 0 Å². The van der Waals surface area contributed by atoms with Gasteiger partial charge in [-0.3, -0.25) is 0 Å². The summed E-state index contributed by atoms with van der Waals surface area (Å²) in [5.74, 6) is 1.88. The molecule has 0 fully saturated rings. The van der Waals surface area contributed by atoms with Gasteiger partial charge in [-0.15, -0.1) is 0 Å². The third-order valence-corrected chi connectivity index (χ3v) is 3.51. The minimum Gasteiger partial charge on any atom is -0.396 e. The lowest BCUT2D eigenvalue weighted by molar-refractivity contribution is 0.296. The molecule has 2 nitrogen and oxygen atoms in total. The summed E-state index contributed by atoms with van der Waals surface area (Å²) in [6.45, 7) is 3.65. The minimum absolute atomic E-state index is 0.137. The average Bonchev–Trinajstić information content (AvgIpc) is 2.32. The number of halogens is 1. The number of benzene rings is 1. The van der Waals surface area contributed by atoms with Crippen molar-refractivity contribution in [2.75, 3.05) is 24.7 Å². The van der Waals surface area contributed by atoms with Crippen molar-refractivity contribution >= 4 is 11.8 Å². The first-order valence-corrected chi connectivity index (χ1v) is 7.04. The molecule has 0 heterocycles. The summed E-state index contributed by atoms with van der Waals surface area (Å²) >= 11 is 1.82. The first-order chi connectivity index (χ1) is 8.24.